The highest BCUT2D eigenvalue weighted by Gasteiger charge is 2.51. The molecule has 32 heavy (non-hydrogen) atoms. The van der Waals surface area contributed by atoms with Crippen LogP contribution in [0.2, 0.25) is 0 Å². The van der Waals surface area contributed by atoms with Crippen molar-refractivity contribution in [1.82, 2.24) is 9.88 Å². The van der Waals surface area contributed by atoms with Gasteiger partial charge in [-0.2, -0.15) is 0 Å². The molecule has 3 heterocycles. The maximum atomic E-state index is 12.5. The number of anilines is 1. The van der Waals surface area contributed by atoms with Gasteiger partial charge in [0.25, 0.3) is 0 Å². The average molecular weight is 437 g/mol. The molecule has 1 aromatic carbocycles. The lowest BCUT2D eigenvalue weighted by atomic mass is 9.78. The molecule has 0 aliphatic carbocycles. The fraction of sp³-hybridized carbons (Fsp3) is 0.500. The van der Waals surface area contributed by atoms with Crippen LogP contribution >= 0.6 is 0 Å². The van der Waals surface area contributed by atoms with Crippen LogP contribution in [0.5, 0.6) is 0 Å². The van der Waals surface area contributed by atoms with E-state index in [1.807, 2.05) is 58.9 Å². The molecule has 7 nitrogen and oxygen atoms in total. The second-order valence-corrected chi connectivity index (χ2v) is 9.51. The SMILES string of the molecule is Cc1ncc(NC(=O)CN2CCOCC2)cc1-c1cccc(B2OC(C)(C)C(C)(C)O2)c1. The molecule has 0 spiro atoms. The van der Waals surface area contributed by atoms with Crippen LogP contribution in [0.4, 0.5) is 5.69 Å². The Balaban J connectivity index is 1.51. The third-order valence-electron chi connectivity index (χ3n) is 6.56. The average Bonchev–Trinajstić information content (AvgIpc) is 2.97. The molecule has 0 radical (unpaired) electrons. The van der Waals surface area contributed by atoms with Gasteiger partial charge in [-0.25, -0.2) is 0 Å². The summed E-state index contributed by atoms with van der Waals surface area (Å²) in [5, 5.41) is 2.98. The van der Waals surface area contributed by atoms with E-state index in [4.69, 9.17) is 14.0 Å². The Labute approximate surface area is 190 Å². The van der Waals surface area contributed by atoms with E-state index in [1.165, 1.54) is 0 Å². The lowest BCUT2D eigenvalue weighted by molar-refractivity contribution is -0.118. The van der Waals surface area contributed by atoms with Crippen LogP contribution in [0.1, 0.15) is 33.4 Å². The van der Waals surface area contributed by atoms with Crippen LogP contribution in [0.25, 0.3) is 11.1 Å². The van der Waals surface area contributed by atoms with Crippen LogP contribution in [-0.4, -0.2) is 67.0 Å². The largest absolute Gasteiger partial charge is 0.494 e. The minimum atomic E-state index is -0.426. The fourth-order valence-electron chi connectivity index (χ4n) is 3.89. The van der Waals surface area contributed by atoms with Crippen LogP contribution in [0.3, 0.4) is 0 Å². The summed E-state index contributed by atoms with van der Waals surface area (Å²) in [5.74, 6) is -0.0468. The molecule has 2 fully saturated rings. The standard InChI is InChI=1S/C24H32BN3O4/c1-17-21(14-20(15-26-17)27-22(29)16-28-9-11-30-12-10-28)18-7-6-8-19(13-18)25-31-23(2,3)24(4,5)32-25/h6-8,13-15H,9-12,16H2,1-5H3,(H,27,29). The number of amides is 1. The summed E-state index contributed by atoms with van der Waals surface area (Å²) < 4.78 is 17.8. The third-order valence-corrected chi connectivity index (χ3v) is 6.56. The third kappa shape index (κ3) is 4.88. The van der Waals surface area contributed by atoms with Crippen LogP contribution in [-0.2, 0) is 18.8 Å². The summed E-state index contributed by atoms with van der Waals surface area (Å²) in [6, 6.07) is 10.1. The highest BCUT2D eigenvalue weighted by Crippen LogP contribution is 2.36. The number of nitrogens with zero attached hydrogens (tertiary/aromatic N) is 2. The van der Waals surface area contributed by atoms with E-state index in [0.717, 1.165) is 35.4 Å². The minimum absolute atomic E-state index is 0.0468. The highest BCUT2D eigenvalue weighted by molar-refractivity contribution is 6.62. The van der Waals surface area contributed by atoms with Gasteiger partial charge in [0.15, 0.2) is 0 Å². The molecule has 0 bridgehead atoms. The van der Waals surface area contributed by atoms with Crippen molar-refractivity contribution in [2.24, 2.45) is 0 Å². The predicted molar refractivity (Wildman–Crippen MR) is 126 cm³/mol. The second kappa shape index (κ2) is 8.94. The summed E-state index contributed by atoms with van der Waals surface area (Å²) >= 11 is 0. The molecule has 8 heteroatoms. The predicted octanol–water partition coefficient (Wildman–Crippen LogP) is 2.63. The Bertz CT molecular complexity index is 973. The van der Waals surface area contributed by atoms with Crippen LogP contribution < -0.4 is 10.8 Å². The zero-order valence-corrected chi connectivity index (χ0v) is 19.6. The summed E-state index contributed by atoms with van der Waals surface area (Å²) in [6.07, 6.45) is 1.70. The summed E-state index contributed by atoms with van der Waals surface area (Å²) in [7, 11) is -0.426. The molecule has 1 N–H and O–H groups in total. The molecule has 2 saturated heterocycles. The number of morpholine rings is 1. The van der Waals surface area contributed by atoms with E-state index < -0.39 is 18.3 Å². The highest BCUT2D eigenvalue weighted by atomic mass is 16.7. The lowest BCUT2D eigenvalue weighted by Gasteiger charge is -2.32. The molecule has 1 amide bonds. The van der Waals surface area contributed by atoms with Gasteiger partial charge in [0, 0.05) is 24.3 Å². The van der Waals surface area contributed by atoms with Crippen molar-refractivity contribution in [3.63, 3.8) is 0 Å². The number of carbonyl (C=O) groups is 1. The number of aryl methyl sites for hydroxylation is 1. The Morgan fingerprint density at radius 3 is 2.50 bits per heavy atom. The number of ether oxygens (including phenoxy) is 1. The first-order valence-corrected chi connectivity index (χ1v) is 11.2. The molecular formula is C24H32BN3O4. The second-order valence-electron chi connectivity index (χ2n) is 9.51. The maximum Gasteiger partial charge on any atom is 0.494 e. The Hall–Kier alpha value is -2.26. The van der Waals surface area contributed by atoms with Gasteiger partial charge in [-0.15, -0.1) is 0 Å². The number of benzene rings is 1. The number of aromatic nitrogens is 1. The van der Waals surface area contributed by atoms with Crippen molar-refractivity contribution >= 4 is 24.2 Å². The van der Waals surface area contributed by atoms with Gasteiger partial charge in [-0.3, -0.25) is 14.7 Å². The lowest BCUT2D eigenvalue weighted by Crippen LogP contribution is -2.41. The zero-order chi connectivity index (χ0) is 22.9. The first-order chi connectivity index (χ1) is 15.1. The number of pyridine rings is 1. The Kier molecular flexibility index (Phi) is 6.41. The molecule has 4 rings (SSSR count). The Morgan fingerprint density at radius 1 is 1.12 bits per heavy atom. The van der Waals surface area contributed by atoms with E-state index in [-0.39, 0.29) is 5.91 Å². The van der Waals surface area contributed by atoms with E-state index in [9.17, 15) is 4.79 Å². The number of rotatable bonds is 5. The number of nitrogens with one attached hydrogen (secondary N) is 1. The van der Waals surface area contributed by atoms with Crippen molar-refractivity contribution < 1.29 is 18.8 Å². The summed E-state index contributed by atoms with van der Waals surface area (Å²) in [6.45, 7) is 13.4. The van der Waals surface area contributed by atoms with E-state index in [2.05, 4.69) is 21.3 Å². The van der Waals surface area contributed by atoms with Gasteiger partial charge < -0.3 is 19.4 Å². The van der Waals surface area contributed by atoms with Gasteiger partial charge in [0.1, 0.15) is 0 Å². The molecule has 1 aromatic heterocycles. The molecule has 2 aliphatic heterocycles. The number of carbonyl (C=O) groups excluding carboxylic acids is 1. The van der Waals surface area contributed by atoms with Gasteiger partial charge in [-0.05, 0) is 51.7 Å². The monoisotopic (exact) mass is 437 g/mol. The van der Waals surface area contributed by atoms with Crippen LogP contribution in [0.15, 0.2) is 36.5 Å². The fourth-order valence-corrected chi connectivity index (χ4v) is 3.89. The van der Waals surface area contributed by atoms with Crippen molar-refractivity contribution in [2.75, 3.05) is 38.2 Å². The van der Waals surface area contributed by atoms with Crippen molar-refractivity contribution in [1.29, 1.82) is 0 Å². The van der Waals surface area contributed by atoms with Gasteiger partial charge in [0.2, 0.25) is 5.91 Å². The van der Waals surface area contributed by atoms with Crippen molar-refractivity contribution in [2.45, 2.75) is 45.8 Å². The number of hydrogen-bond acceptors (Lipinski definition) is 6. The van der Waals surface area contributed by atoms with E-state index in [0.29, 0.717) is 25.4 Å². The Morgan fingerprint density at radius 2 is 1.81 bits per heavy atom. The normalized spacial score (nSPS) is 20.3. The zero-order valence-electron chi connectivity index (χ0n) is 19.6. The first-order valence-electron chi connectivity index (χ1n) is 11.2. The maximum absolute atomic E-state index is 12.5. The summed E-state index contributed by atoms with van der Waals surface area (Å²) in [5.41, 5.74) is 3.72. The van der Waals surface area contributed by atoms with Gasteiger partial charge in [-0.1, -0.05) is 24.3 Å². The van der Waals surface area contributed by atoms with Crippen LogP contribution in [0, 0.1) is 6.92 Å². The molecule has 0 unspecified atom stereocenters. The minimum Gasteiger partial charge on any atom is -0.399 e. The summed E-state index contributed by atoms with van der Waals surface area (Å²) in [4.78, 5) is 19.1. The quantitative estimate of drug-likeness (QED) is 0.726. The topological polar surface area (TPSA) is 72.9 Å². The molecular weight excluding hydrogens is 405 g/mol. The van der Waals surface area contributed by atoms with Gasteiger partial charge in [0.05, 0.1) is 42.8 Å². The molecule has 2 aromatic rings. The molecule has 2 aliphatic rings. The van der Waals surface area contributed by atoms with Crippen molar-refractivity contribution in [3.8, 4) is 11.1 Å². The first kappa shape index (κ1) is 22.9. The number of hydrogen-bond donors (Lipinski definition) is 1. The molecule has 0 saturated carbocycles. The van der Waals surface area contributed by atoms with E-state index >= 15 is 0 Å². The molecule has 0 atom stereocenters. The smallest absolute Gasteiger partial charge is 0.399 e. The van der Waals surface area contributed by atoms with Gasteiger partial charge >= 0.3 is 7.12 Å². The van der Waals surface area contributed by atoms with E-state index in [1.54, 1.807) is 6.20 Å². The molecule has 170 valence electrons. The van der Waals surface area contributed by atoms with Crippen molar-refractivity contribution in [3.05, 3.63) is 42.2 Å².